The van der Waals surface area contributed by atoms with Gasteiger partial charge in [0, 0.05) is 6.07 Å². The second-order valence-electron chi connectivity index (χ2n) is 5.15. The van der Waals surface area contributed by atoms with E-state index in [0.29, 0.717) is 18.6 Å². The zero-order valence-electron chi connectivity index (χ0n) is 11.9. The topological polar surface area (TPSA) is 86.5 Å². The van der Waals surface area contributed by atoms with Crippen molar-refractivity contribution in [1.29, 1.82) is 0 Å². The van der Waals surface area contributed by atoms with Crippen LogP contribution in [0.4, 0.5) is 8.78 Å². The molecule has 0 spiro atoms. The third-order valence-electron chi connectivity index (χ3n) is 2.66. The van der Waals surface area contributed by atoms with Crippen molar-refractivity contribution >= 4 is 16.0 Å². The van der Waals surface area contributed by atoms with Crippen LogP contribution >= 0.6 is 0 Å². The van der Waals surface area contributed by atoms with Crippen LogP contribution in [0.25, 0.3) is 0 Å². The van der Waals surface area contributed by atoms with Crippen molar-refractivity contribution in [1.82, 2.24) is 0 Å². The van der Waals surface area contributed by atoms with Gasteiger partial charge in [0.2, 0.25) is 10.0 Å². The summed E-state index contributed by atoms with van der Waals surface area (Å²) in [6.45, 7) is 5.46. The Bertz CT molecular complexity index is 644. The molecule has 0 aliphatic heterocycles. The quantitative estimate of drug-likeness (QED) is 0.842. The summed E-state index contributed by atoms with van der Waals surface area (Å²) in [4.78, 5) is 10.9. The van der Waals surface area contributed by atoms with E-state index in [-0.39, 0.29) is 5.92 Å². The Labute approximate surface area is 122 Å². The van der Waals surface area contributed by atoms with Crippen molar-refractivity contribution < 1.29 is 26.7 Å². The van der Waals surface area contributed by atoms with Crippen LogP contribution in [-0.2, 0) is 14.8 Å². The Balaban J connectivity index is 3.10. The van der Waals surface area contributed by atoms with Crippen molar-refractivity contribution in [2.75, 3.05) is 0 Å². The highest BCUT2D eigenvalue weighted by Gasteiger charge is 2.23. The van der Waals surface area contributed by atoms with Crippen molar-refractivity contribution in [2.24, 2.45) is 11.1 Å². The number of hydrogen-bond donors (Lipinski definition) is 1. The Morgan fingerprint density at radius 1 is 1.24 bits per heavy atom. The van der Waals surface area contributed by atoms with Crippen molar-refractivity contribution in [3.63, 3.8) is 0 Å². The van der Waals surface area contributed by atoms with Gasteiger partial charge >= 0.3 is 5.97 Å². The third kappa shape index (κ3) is 4.75. The minimum absolute atomic E-state index is 0.255. The zero-order chi connectivity index (χ0) is 16.4. The minimum atomic E-state index is -4.40. The molecule has 0 saturated heterocycles. The monoisotopic (exact) mass is 321 g/mol. The van der Waals surface area contributed by atoms with E-state index in [4.69, 9.17) is 9.88 Å². The first-order valence-electron chi connectivity index (χ1n) is 6.25. The largest absolute Gasteiger partial charge is 0.459 e. The number of halogens is 2. The maximum atomic E-state index is 13.6. The molecule has 0 saturated carbocycles. The fourth-order valence-corrected chi connectivity index (χ4v) is 2.47. The highest BCUT2D eigenvalue weighted by molar-refractivity contribution is 7.89. The van der Waals surface area contributed by atoms with Gasteiger partial charge in [-0.2, -0.15) is 0 Å². The van der Waals surface area contributed by atoms with Gasteiger partial charge < -0.3 is 4.74 Å². The van der Waals surface area contributed by atoms with Crippen LogP contribution in [0.2, 0.25) is 0 Å². The zero-order valence-corrected chi connectivity index (χ0v) is 12.7. The molecule has 1 aromatic rings. The Morgan fingerprint density at radius 2 is 1.81 bits per heavy atom. The van der Waals surface area contributed by atoms with E-state index in [1.807, 2.05) is 13.8 Å². The average molecular weight is 321 g/mol. The smallest absolute Gasteiger partial charge is 0.341 e. The number of ether oxygens (including phenoxy) is 1. The summed E-state index contributed by atoms with van der Waals surface area (Å²) in [6.07, 6.45) is 0.0660. The number of primary sulfonamides is 1. The van der Waals surface area contributed by atoms with E-state index in [9.17, 15) is 22.0 Å². The molecule has 21 heavy (non-hydrogen) atoms. The van der Waals surface area contributed by atoms with Crippen LogP contribution in [0.1, 0.15) is 37.6 Å². The summed E-state index contributed by atoms with van der Waals surface area (Å²) in [5.41, 5.74) is -0.670. The van der Waals surface area contributed by atoms with E-state index < -0.39 is 44.2 Å². The standard InChI is InChI=1S/C13H17F2NO4S/c1-7(2)4-8(3)20-13(17)9-5-12(21(16,18)19)11(15)6-10(9)14/h5-8H,4H2,1-3H3,(H2,16,18,19). The van der Waals surface area contributed by atoms with Gasteiger partial charge in [0.05, 0.1) is 11.7 Å². The number of sulfonamides is 1. The second kappa shape index (κ2) is 6.48. The summed E-state index contributed by atoms with van der Waals surface area (Å²) in [5, 5.41) is 4.80. The summed E-state index contributed by atoms with van der Waals surface area (Å²) in [6, 6.07) is 0.841. The maximum absolute atomic E-state index is 13.6. The molecule has 0 aliphatic carbocycles. The molecular formula is C13H17F2NO4S. The van der Waals surface area contributed by atoms with E-state index in [1.165, 1.54) is 0 Å². The molecule has 1 rings (SSSR count). The van der Waals surface area contributed by atoms with Crippen molar-refractivity contribution in [3.05, 3.63) is 29.3 Å². The molecule has 0 aromatic heterocycles. The molecule has 0 bridgehead atoms. The highest BCUT2D eigenvalue weighted by atomic mass is 32.2. The third-order valence-corrected chi connectivity index (χ3v) is 3.59. The molecule has 8 heteroatoms. The van der Waals surface area contributed by atoms with Gasteiger partial charge in [-0.3, -0.25) is 0 Å². The van der Waals surface area contributed by atoms with Gasteiger partial charge in [-0.15, -0.1) is 0 Å². The number of nitrogens with two attached hydrogens (primary N) is 1. The Morgan fingerprint density at radius 3 is 2.29 bits per heavy atom. The fraction of sp³-hybridized carbons (Fsp3) is 0.462. The normalized spacial score (nSPS) is 13.3. The number of esters is 1. The van der Waals surface area contributed by atoms with Gasteiger partial charge in [-0.25, -0.2) is 27.1 Å². The first-order chi connectivity index (χ1) is 9.52. The minimum Gasteiger partial charge on any atom is -0.459 e. The van der Waals surface area contributed by atoms with Crippen LogP contribution in [0.3, 0.4) is 0 Å². The molecule has 0 amide bonds. The average Bonchev–Trinajstić information content (AvgIpc) is 2.24. The summed E-state index contributed by atoms with van der Waals surface area (Å²) < 4.78 is 54.3. The molecule has 0 aliphatic rings. The lowest BCUT2D eigenvalue weighted by molar-refractivity contribution is 0.0294. The first-order valence-corrected chi connectivity index (χ1v) is 7.79. The number of carbonyl (C=O) groups is 1. The SMILES string of the molecule is CC(C)CC(C)OC(=O)c1cc(S(N)(=O)=O)c(F)cc1F. The van der Waals surface area contributed by atoms with Gasteiger partial charge in [-0.1, -0.05) is 13.8 Å². The molecule has 5 nitrogen and oxygen atoms in total. The van der Waals surface area contributed by atoms with Crippen LogP contribution in [0.15, 0.2) is 17.0 Å². The molecule has 118 valence electrons. The first kappa shape index (κ1) is 17.5. The van der Waals surface area contributed by atoms with Gasteiger partial charge in [0.15, 0.2) is 0 Å². The lowest BCUT2D eigenvalue weighted by Crippen LogP contribution is -2.20. The molecule has 1 atom stereocenters. The fourth-order valence-electron chi connectivity index (χ4n) is 1.86. The lowest BCUT2D eigenvalue weighted by atomic mass is 10.1. The summed E-state index contributed by atoms with van der Waals surface area (Å²) >= 11 is 0. The van der Waals surface area contributed by atoms with Gasteiger partial charge in [-0.05, 0) is 25.3 Å². The Hall–Kier alpha value is -1.54. The van der Waals surface area contributed by atoms with Crippen LogP contribution in [0, 0.1) is 17.6 Å². The number of benzene rings is 1. The maximum Gasteiger partial charge on any atom is 0.341 e. The van der Waals surface area contributed by atoms with Crippen LogP contribution in [0.5, 0.6) is 0 Å². The van der Waals surface area contributed by atoms with Gasteiger partial charge in [0.25, 0.3) is 0 Å². The van der Waals surface area contributed by atoms with Crippen LogP contribution in [-0.4, -0.2) is 20.5 Å². The van der Waals surface area contributed by atoms with Gasteiger partial charge in [0.1, 0.15) is 16.5 Å². The number of hydrogen-bond acceptors (Lipinski definition) is 4. The van der Waals surface area contributed by atoms with E-state index in [0.717, 1.165) is 0 Å². The molecule has 0 heterocycles. The lowest BCUT2D eigenvalue weighted by Gasteiger charge is -2.15. The van der Waals surface area contributed by atoms with E-state index in [2.05, 4.69) is 0 Å². The summed E-state index contributed by atoms with van der Waals surface area (Å²) in [7, 11) is -4.40. The Kier molecular flexibility index (Phi) is 5.41. The van der Waals surface area contributed by atoms with Crippen LogP contribution < -0.4 is 5.14 Å². The van der Waals surface area contributed by atoms with E-state index in [1.54, 1.807) is 6.92 Å². The molecule has 2 N–H and O–H groups in total. The molecule has 1 aromatic carbocycles. The van der Waals surface area contributed by atoms with Crippen molar-refractivity contribution in [2.45, 2.75) is 38.2 Å². The molecular weight excluding hydrogens is 304 g/mol. The summed E-state index contributed by atoms with van der Waals surface area (Å²) in [5.74, 6) is -3.38. The number of rotatable bonds is 5. The molecule has 0 radical (unpaired) electrons. The van der Waals surface area contributed by atoms with Crippen molar-refractivity contribution in [3.8, 4) is 0 Å². The highest BCUT2D eigenvalue weighted by Crippen LogP contribution is 2.20. The van der Waals surface area contributed by atoms with E-state index >= 15 is 0 Å². The molecule has 1 unspecified atom stereocenters. The molecule has 0 fully saturated rings. The second-order valence-corrected chi connectivity index (χ2v) is 6.68. The number of carbonyl (C=O) groups excluding carboxylic acids is 1. The predicted molar refractivity (Wildman–Crippen MR) is 72.1 cm³/mol. The predicted octanol–water partition coefficient (Wildman–Crippen LogP) is 2.20.